The summed E-state index contributed by atoms with van der Waals surface area (Å²) in [5.74, 6) is 0.475. The molecular formula is C23H32ClN5O2S. The molecule has 1 aromatic heterocycles. The fraction of sp³-hybridized carbons (Fsp3) is 0.522. The van der Waals surface area contributed by atoms with Gasteiger partial charge in [0.15, 0.2) is 4.80 Å². The normalized spacial score (nSPS) is 16.7. The van der Waals surface area contributed by atoms with Crippen LogP contribution >= 0.6 is 22.9 Å². The average Bonchev–Trinajstić information content (AvgIpc) is 3.20. The molecule has 1 aromatic carbocycles. The van der Waals surface area contributed by atoms with Gasteiger partial charge >= 0.3 is 6.03 Å². The Labute approximate surface area is 198 Å². The van der Waals surface area contributed by atoms with Crippen molar-refractivity contribution in [3.05, 3.63) is 45.7 Å². The van der Waals surface area contributed by atoms with E-state index in [1.807, 2.05) is 32.7 Å². The first-order valence-electron chi connectivity index (χ1n) is 10.9. The number of piperidine rings is 1. The minimum absolute atomic E-state index is 0.0327. The second-order valence-electron chi connectivity index (χ2n) is 9.23. The first-order chi connectivity index (χ1) is 15.2. The molecule has 0 saturated carbocycles. The maximum Gasteiger partial charge on any atom is 0.319 e. The Morgan fingerprint density at radius 1 is 1.22 bits per heavy atom. The summed E-state index contributed by atoms with van der Waals surface area (Å²) in [5, 5.41) is 8.32. The molecule has 0 bridgehead atoms. The lowest BCUT2D eigenvalue weighted by molar-refractivity contribution is -0.137. The molecule has 2 aromatic rings. The topological polar surface area (TPSA) is 78.7 Å². The van der Waals surface area contributed by atoms with E-state index in [-0.39, 0.29) is 5.91 Å². The average molecular weight is 478 g/mol. The van der Waals surface area contributed by atoms with E-state index in [0.717, 1.165) is 24.2 Å². The number of anilines is 1. The number of rotatable bonds is 5. The highest BCUT2D eigenvalue weighted by Crippen LogP contribution is 2.25. The van der Waals surface area contributed by atoms with Crippen molar-refractivity contribution in [3.63, 3.8) is 0 Å². The molecule has 1 fully saturated rings. The molecule has 3 rings (SSSR count). The second kappa shape index (κ2) is 10.5. The molecule has 0 unspecified atom stereocenters. The summed E-state index contributed by atoms with van der Waals surface area (Å²) in [5.41, 5.74) is 0.201. The van der Waals surface area contributed by atoms with Gasteiger partial charge in [-0.3, -0.25) is 9.79 Å². The van der Waals surface area contributed by atoms with Gasteiger partial charge in [-0.2, -0.15) is 0 Å². The van der Waals surface area contributed by atoms with E-state index < -0.39 is 17.5 Å². The highest BCUT2D eigenvalue weighted by atomic mass is 35.5. The molecule has 7 nitrogen and oxygen atoms in total. The number of aromatic nitrogens is 1. The van der Waals surface area contributed by atoms with Crippen LogP contribution in [-0.4, -0.2) is 47.6 Å². The van der Waals surface area contributed by atoms with Gasteiger partial charge in [-0.1, -0.05) is 32.4 Å². The summed E-state index contributed by atoms with van der Waals surface area (Å²) in [7, 11) is 1.81. The van der Waals surface area contributed by atoms with Crippen molar-refractivity contribution in [2.24, 2.45) is 16.3 Å². The first kappa shape index (κ1) is 24.3. The number of thiazole rings is 1. The molecular weight excluding hydrogens is 446 g/mol. The van der Waals surface area contributed by atoms with Crippen LogP contribution in [0, 0.1) is 11.3 Å². The molecule has 9 heteroatoms. The van der Waals surface area contributed by atoms with E-state index in [9.17, 15) is 9.59 Å². The maximum absolute atomic E-state index is 13.3. The molecule has 0 radical (unpaired) electrons. The van der Waals surface area contributed by atoms with Crippen LogP contribution in [0.25, 0.3) is 0 Å². The zero-order chi connectivity index (χ0) is 23.3. The fourth-order valence-corrected chi connectivity index (χ4v) is 4.72. The summed E-state index contributed by atoms with van der Waals surface area (Å²) in [6.07, 6.45) is 3.94. The van der Waals surface area contributed by atoms with Crippen molar-refractivity contribution < 1.29 is 9.59 Å². The van der Waals surface area contributed by atoms with Gasteiger partial charge in [0.1, 0.15) is 6.04 Å². The zero-order valence-corrected chi connectivity index (χ0v) is 20.7. The Morgan fingerprint density at radius 3 is 2.47 bits per heavy atom. The van der Waals surface area contributed by atoms with Gasteiger partial charge in [0.25, 0.3) is 0 Å². The molecule has 2 N–H and O–H groups in total. The van der Waals surface area contributed by atoms with Crippen LogP contribution in [0.4, 0.5) is 10.5 Å². The largest absolute Gasteiger partial charge is 0.341 e. The lowest BCUT2D eigenvalue weighted by Gasteiger charge is -2.38. The summed E-state index contributed by atoms with van der Waals surface area (Å²) in [6, 6.07) is 5.84. The first-order valence-corrected chi connectivity index (χ1v) is 12.1. The van der Waals surface area contributed by atoms with Crippen LogP contribution in [0.15, 0.2) is 40.8 Å². The van der Waals surface area contributed by atoms with Crippen molar-refractivity contribution in [2.75, 3.05) is 25.5 Å². The van der Waals surface area contributed by atoms with E-state index in [1.54, 1.807) is 35.6 Å². The summed E-state index contributed by atoms with van der Waals surface area (Å²) >= 11 is 7.54. The maximum atomic E-state index is 13.3. The molecule has 1 saturated heterocycles. The van der Waals surface area contributed by atoms with Gasteiger partial charge in [0.2, 0.25) is 5.91 Å². The van der Waals surface area contributed by atoms with Crippen LogP contribution in [-0.2, 0) is 11.3 Å². The van der Waals surface area contributed by atoms with E-state index in [2.05, 4.69) is 31.8 Å². The molecule has 1 atom stereocenters. The Hall–Kier alpha value is -2.32. The van der Waals surface area contributed by atoms with Gasteiger partial charge in [0, 0.05) is 49.0 Å². The molecule has 3 amide bonds. The highest BCUT2D eigenvalue weighted by molar-refractivity contribution is 7.07. The third-order valence-corrected chi connectivity index (χ3v) is 6.86. The monoisotopic (exact) mass is 477 g/mol. The van der Waals surface area contributed by atoms with E-state index in [0.29, 0.717) is 29.7 Å². The zero-order valence-electron chi connectivity index (χ0n) is 19.1. The number of halogens is 1. The molecule has 1 aliphatic rings. The van der Waals surface area contributed by atoms with E-state index in [1.165, 1.54) is 0 Å². The third kappa shape index (κ3) is 6.36. The van der Waals surface area contributed by atoms with Gasteiger partial charge in [-0.25, -0.2) is 4.79 Å². The molecule has 2 heterocycles. The van der Waals surface area contributed by atoms with Crippen LogP contribution in [0.3, 0.4) is 0 Å². The number of nitrogens with one attached hydrogen (secondary N) is 2. The Bertz CT molecular complexity index is 985. The van der Waals surface area contributed by atoms with Crippen LogP contribution in [0.5, 0.6) is 0 Å². The number of urea groups is 1. The Morgan fingerprint density at radius 2 is 1.88 bits per heavy atom. The Balaban J connectivity index is 1.59. The van der Waals surface area contributed by atoms with Gasteiger partial charge in [-0.05, 0) is 48.4 Å². The third-order valence-electron chi connectivity index (χ3n) is 5.72. The predicted octanol–water partition coefficient (Wildman–Crippen LogP) is 4.21. The van der Waals surface area contributed by atoms with Crippen LogP contribution in [0.1, 0.15) is 33.6 Å². The van der Waals surface area contributed by atoms with Crippen LogP contribution in [0.2, 0.25) is 5.02 Å². The van der Waals surface area contributed by atoms with E-state index >= 15 is 0 Å². The number of amides is 3. The molecule has 32 heavy (non-hydrogen) atoms. The summed E-state index contributed by atoms with van der Waals surface area (Å²) in [6.45, 7) is 8.21. The minimum Gasteiger partial charge on any atom is -0.341 e. The number of hydrogen-bond donors (Lipinski definition) is 2. The number of benzene rings is 1. The number of hydrogen-bond acceptors (Lipinski definition) is 4. The standard InChI is InChI=1S/C23H32ClN5O2S/c1-23(2,3)19(27-21(31)26-18-7-5-17(24)6-8-18)20(30)28-11-9-16(10-12-28)15-29-13-14-32-22(29)25-4/h5-8,13-14,16,19H,9-12,15H2,1-4H3,(H2,26,27,31)/b25-22-/t19-/m0/s1. The van der Waals surface area contributed by atoms with Gasteiger partial charge < -0.3 is 20.1 Å². The lowest BCUT2D eigenvalue weighted by atomic mass is 9.85. The SMILES string of the molecule is C/N=c1\sccn1CC1CCN(C(=O)[C@H](NC(=O)Nc2ccc(Cl)cc2)C(C)(C)C)CC1. The van der Waals surface area contributed by atoms with Crippen LogP contribution < -0.4 is 15.4 Å². The smallest absolute Gasteiger partial charge is 0.319 e. The number of likely N-dealkylation sites (tertiary alicyclic amines) is 1. The highest BCUT2D eigenvalue weighted by Gasteiger charge is 2.37. The van der Waals surface area contributed by atoms with Crippen molar-refractivity contribution in [3.8, 4) is 0 Å². The number of nitrogens with zero attached hydrogens (tertiary/aromatic N) is 3. The quantitative estimate of drug-likeness (QED) is 0.676. The summed E-state index contributed by atoms with van der Waals surface area (Å²) in [4.78, 5) is 33.2. The molecule has 0 aliphatic carbocycles. The fourth-order valence-electron chi connectivity index (χ4n) is 3.89. The van der Waals surface area contributed by atoms with Crippen molar-refractivity contribution >= 4 is 40.6 Å². The molecule has 174 valence electrons. The molecule has 1 aliphatic heterocycles. The van der Waals surface area contributed by atoms with E-state index in [4.69, 9.17) is 11.6 Å². The molecule has 0 spiro atoms. The predicted molar refractivity (Wildman–Crippen MR) is 130 cm³/mol. The number of carbonyl (C=O) groups is 2. The van der Waals surface area contributed by atoms with Gasteiger partial charge in [0.05, 0.1) is 0 Å². The second-order valence-corrected chi connectivity index (χ2v) is 10.5. The van der Waals surface area contributed by atoms with Crippen molar-refractivity contribution in [1.82, 2.24) is 14.8 Å². The van der Waals surface area contributed by atoms with Crippen molar-refractivity contribution in [1.29, 1.82) is 0 Å². The summed E-state index contributed by atoms with van der Waals surface area (Å²) < 4.78 is 2.19. The minimum atomic E-state index is -0.622. The Kier molecular flexibility index (Phi) is 8.00. The lowest BCUT2D eigenvalue weighted by Crippen LogP contribution is -2.56. The van der Waals surface area contributed by atoms with Crippen molar-refractivity contribution in [2.45, 2.75) is 46.2 Å². The van der Waals surface area contributed by atoms with Gasteiger partial charge in [-0.15, -0.1) is 11.3 Å². The number of carbonyl (C=O) groups excluding carboxylic acids is 2.